The lowest BCUT2D eigenvalue weighted by atomic mass is 10.2. The van der Waals surface area contributed by atoms with E-state index in [-0.39, 0.29) is 11.9 Å². The Kier molecular flexibility index (Phi) is 8.16. The molecule has 7 heteroatoms. The van der Waals surface area contributed by atoms with Crippen molar-refractivity contribution < 1.29 is 14.3 Å². The fourth-order valence-electron chi connectivity index (χ4n) is 3.85. The molecule has 1 N–H and O–H groups in total. The SMILES string of the molecule is CN(Cc1ccc(N2CCOCC2)cc1)C(=O)NCCCN1CCCCCC1=O. The number of urea groups is 1. The molecule has 0 radical (unpaired) electrons. The van der Waals surface area contributed by atoms with Gasteiger partial charge in [0.15, 0.2) is 0 Å². The highest BCUT2D eigenvalue weighted by molar-refractivity contribution is 5.76. The smallest absolute Gasteiger partial charge is 0.317 e. The molecule has 1 aromatic carbocycles. The summed E-state index contributed by atoms with van der Waals surface area (Å²) in [5.41, 5.74) is 2.31. The molecule has 160 valence electrons. The number of benzene rings is 1. The van der Waals surface area contributed by atoms with Crippen LogP contribution in [0.2, 0.25) is 0 Å². The quantitative estimate of drug-likeness (QED) is 0.712. The minimum atomic E-state index is -0.0792. The summed E-state index contributed by atoms with van der Waals surface area (Å²) in [7, 11) is 1.81. The number of nitrogens with one attached hydrogen (secondary N) is 1. The van der Waals surface area contributed by atoms with E-state index >= 15 is 0 Å². The highest BCUT2D eigenvalue weighted by Gasteiger charge is 2.16. The van der Waals surface area contributed by atoms with Gasteiger partial charge in [-0.05, 0) is 37.0 Å². The van der Waals surface area contributed by atoms with Crippen molar-refractivity contribution in [3.8, 4) is 0 Å². The molecule has 2 aliphatic heterocycles. The van der Waals surface area contributed by atoms with E-state index in [1.807, 2.05) is 11.9 Å². The molecule has 3 amide bonds. The van der Waals surface area contributed by atoms with Crippen LogP contribution in [0.1, 0.15) is 37.7 Å². The van der Waals surface area contributed by atoms with E-state index < -0.39 is 0 Å². The van der Waals surface area contributed by atoms with Crippen LogP contribution >= 0.6 is 0 Å². The summed E-state index contributed by atoms with van der Waals surface area (Å²) in [5, 5.41) is 2.96. The molecule has 2 fully saturated rings. The van der Waals surface area contributed by atoms with E-state index in [1.54, 1.807) is 4.90 Å². The maximum absolute atomic E-state index is 12.3. The van der Waals surface area contributed by atoms with Crippen LogP contribution < -0.4 is 10.2 Å². The van der Waals surface area contributed by atoms with E-state index in [4.69, 9.17) is 4.74 Å². The second kappa shape index (κ2) is 11.0. The first-order valence-corrected chi connectivity index (χ1v) is 10.8. The number of ether oxygens (including phenoxy) is 1. The zero-order valence-corrected chi connectivity index (χ0v) is 17.6. The zero-order valence-electron chi connectivity index (χ0n) is 17.6. The van der Waals surface area contributed by atoms with Crippen molar-refractivity contribution in [1.29, 1.82) is 0 Å². The Hall–Kier alpha value is -2.28. The molecule has 2 aliphatic rings. The summed E-state index contributed by atoms with van der Waals surface area (Å²) in [5.74, 6) is 0.256. The zero-order chi connectivity index (χ0) is 20.5. The lowest BCUT2D eigenvalue weighted by Gasteiger charge is -2.29. The topological polar surface area (TPSA) is 65.1 Å². The van der Waals surface area contributed by atoms with Gasteiger partial charge in [0.1, 0.15) is 0 Å². The van der Waals surface area contributed by atoms with Crippen molar-refractivity contribution in [3.63, 3.8) is 0 Å². The predicted molar refractivity (Wildman–Crippen MR) is 114 cm³/mol. The summed E-state index contributed by atoms with van der Waals surface area (Å²) in [4.78, 5) is 30.3. The average Bonchev–Trinajstić information content (AvgIpc) is 2.96. The third-order valence-electron chi connectivity index (χ3n) is 5.63. The van der Waals surface area contributed by atoms with Gasteiger partial charge in [0.05, 0.1) is 13.2 Å². The van der Waals surface area contributed by atoms with Gasteiger partial charge in [-0.3, -0.25) is 4.79 Å². The number of carbonyl (C=O) groups excluding carboxylic acids is 2. The molecule has 0 saturated carbocycles. The molecular formula is C22H34N4O3. The molecule has 2 heterocycles. The number of amides is 3. The van der Waals surface area contributed by atoms with Crippen LogP contribution in [0.15, 0.2) is 24.3 Å². The van der Waals surface area contributed by atoms with Crippen LogP contribution in [-0.2, 0) is 16.1 Å². The van der Waals surface area contributed by atoms with Gasteiger partial charge in [-0.25, -0.2) is 4.79 Å². The first-order chi connectivity index (χ1) is 14.1. The fourth-order valence-corrected chi connectivity index (χ4v) is 3.85. The van der Waals surface area contributed by atoms with Crippen molar-refractivity contribution >= 4 is 17.6 Å². The molecule has 29 heavy (non-hydrogen) atoms. The van der Waals surface area contributed by atoms with Crippen molar-refractivity contribution in [1.82, 2.24) is 15.1 Å². The van der Waals surface area contributed by atoms with Gasteiger partial charge in [0.2, 0.25) is 5.91 Å². The molecule has 0 aliphatic carbocycles. The summed E-state index contributed by atoms with van der Waals surface area (Å²) >= 11 is 0. The third kappa shape index (κ3) is 6.63. The van der Waals surface area contributed by atoms with Gasteiger partial charge in [0.25, 0.3) is 0 Å². The van der Waals surface area contributed by atoms with Crippen molar-refractivity contribution in [2.24, 2.45) is 0 Å². The van der Waals surface area contributed by atoms with Gasteiger partial charge >= 0.3 is 6.03 Å². The molecule has 0 bridgehead atoms. The monoisotopic (exact) mass is 402 g/mol. The number of carbonyl (C=O) groups is 2. The highest BCUT2D eigenvalue weighted by Crippen LogP contribution is 2.17. The van der Waals surface area contributed by atoms with Gasteiger partial charge in [-0.2, -0.15) is 0 Å². The molecule has 0 spiro atoms. The van der Waals surface area contributed by atoms with Crippen LogP contribution in [0.25, 0.3) is 0 Å². The predicted octanol–water partition coefficient (Wildman–Crippen LogP) is 2.46. The van der Waals surface area contributed by atoms with Crippen LogP contribution in [0, 0.1) is 0 Å². The van der Waals surface area contributed by atoms with Gasteiger partial charge in [-0.15, -0.1) is 0 Å². The summed E-state index contributed by atoms with van der Waals surface area (Å²) in [6.45, 7) is 6.13. The minimum Gasteiger partial charge on any atom is -0.378 e. The number of morpholine rings is 1. The Morgan fingerprint density at radius 3 is 2.62 bits per heavy atom. The Morgan fingerprint density at radius 2 is 1.86 bits per heavy atom. The molecule has 0 atom stereocenters. The van der Waals surface area contributed by atoms with E-state index in [0.29, 0.717) is 19.5 Å². The first-order valence-electron chi connectivity index (χ1n) is 10.8. The molecule has 3 rings (SSSR count). The van der Waals surface area contributed by atoms with E-state index in [1.165, 1.54) is 5.69 Å². The molecule has 1 aromatic rings. The number of anilines is 1. The van der Waals surface area contributed by atoms with Crippen LogP contribution in [-0.4, -0.2) is 74.7 Å². The first kappa shape index (κ1) is 21.4. The largest absolute Gasteiger partial charge is 0.378 e. The Labute approximate surface area is 174 Å². The standard InChI is InChI=1S/C22H34N4O3/c1-24(18-19-7-9-20(10-8-19)25-14-16-29-17-15-25)22(28)23-11-5-13-26-12-4-2-3-6-21(26)27/h7-10H,2-6,11-18H2,1H3,(H,23,28). The van der Waals surface area contributed by atoms with Crippen LogP contribution in [0.3, 0.4) is 0 Å². The Balaban J connectivity index is 1.37. The number of rotatable bonds is 7. The van der Waals surface area contributed by atoms with Crippen molar-refractivity contribution in [2.45, 2.75) is 38.6 Å². The average molecular weight is 403 g/mol. The summed E-state index contributed by atoms with van der Waals surface area (Å²) < 4.78 is 5.40. The number of hydrogen-bond donors (Lipinski definition) is 1. The van der Waals surface area contributed by atoms with Crippen molar-refractivity contribution in [2.75, 3.05) is 57.9 Å². The molecular weight excluding hydrogens is 368 g/mol. The molecule has 2 saturated heterocycles. The maximum Gasteiger partial charge on any atom is 0.317 e. The van der Waals surface area contributed by atoms with E-state index in [0.717, 1.165) is 70.6 Å². The minimum absolute atomic E-state index is 0.0792. The van der Waals surface area contributed by atoms with Gasteiger partial charge in [0, 0.05) is 58.4 Å². The van der Waals surface area contributed by atoms with Crippen LogP contribution in [0.5, 0.6) is 0 Å². The Morgan fingerprint density at radius 1 is 1.10 bits per heavy atom. The van der Waals surface area contributed by atoms with Gasteiger partial charge < -0.3 is 24.8 Å². The molecule has 0 unspecified atom stereocenters. The van der Waals surface area contributed by atoms with E-state index in [2.05, 4.69) is 34.5 Å². The second-order valence-corrected chi connectivity index (χ2v) is 7.90. The normalized spacial score (nSPS) is 17.8. The fraction of sp³-hybridized carbons (Fsp3) is 0.636. The van der Waals surface area contributed by atoms with Crippen molar-refractivity contribution in [3.05, 3.63) is 29.8 Å². The third-order valence-corrected chi connectivity index (χ3v) is 5.63. The second-order valence-electron chi connectivity index (χ2n) is 7.90. The van der Waals surface area contributed by atoms with E-state index in [9.17, 15) is 9.59 Å². The number of likely N-dealkylation sites (tertiary alicyclic amines) is 1. The summed E-state index contributed by atoms with van der Waals surface area (Å²) in [6, 6.07) is 8.32. The highest BCUT2D eigenvalue weighted by atomic mass is 16.5. The number of hydrogen-bond acceptors (Lipinski definition) is 4. The number of nitrogens with zero attached hydrogens (tertiary/aromatic N) is 3. The summed E-state index contributed by atoms with van der Waals surface area (Å²) in [6.07, 6.45) is 4.69. The lowest BCUT2D eigenvalue weighted by molar-refractivity contribution is -0.130. The Bertz CT molecular complexity index is 659. The molecule has 0 aromatic heterocycles. The lowest BCUT2D eigenvalue weighted by Crippen LogP contribution is -2.39. The van der Waals surface area contributed by atoms with Crippen LogP contribution in [0.4, 0.5) is 10.5 Å². The maximum atomic E-state index is 12.3. The molecule has 7 nitrogen and oxygen atoms in total. The van der Waals surface area contributed by atoms with Gasteiger partial charge in [-0.1, -0.05) is 18.6 Å².